The van der Waals surface area contributed by atoms with E-state index in [-0.39, 0.29) is 0 Å². The summed E-state index contributed by atoms with van der Waals surface area (Å²) in [5.74, 6) is 2.55. The number of nitrogens with one attached hydrogen (secondary N) is 1. The van der Waals surface area contributed by atoms with Crippen molar-refractivity contribution in [2.75, 3.05) is 11.9 Å². The third-order valence-electron chi connectivity index (χ3n) is 3.64. The van der Waals surface area contributed by atoms with Crippen molar-refractivity contribution in [3.63, 3.8) is 0 Å². The van der Waals surface area contributed by atoms with Gasteiger partial charge in [0, 0.05) is 22.3 Å². The Morgan fingerprint density at radius 1 is 0.880 bits per heavy atom. The van der Waals surface area contributed by atoms with Crippen molar-refractivity contribution >= 4 is 21.6 Å². The zero-order chi connectivity index (χ0) is 17.5. The molecule has 3 rings (SSSR count). The second kappa shape index (κ2) is 8.58. The maximum Gasteiger partial charge on any atom is 0.127 e. The van der Waals surface area contributed by atoms with Gasteiger partial charge in [0.15, 0.2) is 0 Å². The lowest BCUT2D eigenvalue weighted by atomic mass is 10.2. The maximum absolute atomic E-state index is 5.81. The van der Waals surface area contributed by atoms with E-state index < -0.39 is 0 Å². The van der Waals surface area contributed by atoms with Crippen LogP contribution in [0.15, 0.2) is 77.3 Å². The number of hydrogen-bond acceptors (Lipinski definition) is 3. The molecule has 1 N–H and O–H groups in total. The van der Waals surface area contributed by atoms with E-state index in [1.54, 1.807) is 0 Å². The third kappa shape index (κ3) is 5.00. The molecular formula is C21H20BrNO2. The minimum atomic E-state index is 0.653. The summed E-state index contributed by atoms with van der Waals surface area (Å²) in [7, 11) is 0. The molecule has 0 aliphatic rings. The Labute approximate surface area is 156 Å². The normalized spacial score (nSPS) is 10.3. The van der Waals surface area contributed by atoms with Gasteiger partial charge in [0.1, 0.15) is 17.2 Å². The van der Waals surface area contributed by atoms with E-state index >= 15 is 0 Å². The Balaban J connectivity index is 1.63. The standard InChI is InChI=1S/C21H20BrNO2/c1-2-24-21-13-8-17(22)14-16(21)15-23-18-9-11-20(12-10-18)25-19-6-4-3-5-7-19/h3-14,23H,2,15H2,1H3. The van der Waals surface area contributed by atoms with Crippen LogP contribution in [0.5, 0.6) is 17.2 Å². The first-order valence-electron chi connectivity index (χ1n) is 8.22. The fourth-order valence-corrected chi connectivity index (χ4v) is 2.85. The second-order valence-electron chi connectivity index (χ2n) is 5.48. The van der Waals surface area contributed by atoms with Gasteiger partial charge >= 0.3 is 0 Å². The molecule has 0 aromatic heterocycles. The number of hydrogen-bond donors (Lipinski definition) is 1. The maximum atomic E-state index is 5.81. The monoisotopic (exact) mass is 397 g/mol. The summed E-state index contributed by atoms with van der Waals surface area (Å²) in [5, 5.41) is 3.42. The molecule has 0 aliphatic carbocycles. The quantitative estimate of drug-likeness (QED) is 0.510. The van der Waals surface area contributed by atoms with Crippen LogP contribution in [0, 0.1) is 0 Å². The van der Waals surface area contributed by atoms with Gasteiger partial charge in [-0.15, -0.1) is 0 Å². The Bertz CT molecular complexity index is 804. The topological polar surface area (TPSA) is 30.5 Å². The van der Waals surface area contributed by atoms with Gasteiger partial charge in [0.2, 0.25) is 0 Å². The molecule has 0 unspecified atom stereocenters. The first-order valence-corrected chi connectivity index (χ1v) is 9.02. The fraction of sp³-hybridized carbons (Fsp3) is 0.143. The van der Waals surface area contributed by atoms with Crippen LogP contribution in [0.4, 0.5) is 5.69 Å². The molecule has 0 heterocycles. The van der Waals surface area contributed by atoms with E-state index in [2.05, 4.69) is 27.3 Å². The van der Waals surface area contributed by atoms with Crippen LogP contribution in [-0.4, -0.2) is 6.61 Å². The molecule has 4 heteroatoms. The first-order chi connectivity index (χ1) is 12.2. The van der Waals surface area contributed by atoms with Crippen LogP contribution in [0.1, 0.15) is 12.5 Å². The summed E-state index contributed by atoms with van der Waals surface area (Å²) < 4.78 is 12.5. The number of para-hydroxylation sites is 1. The molecule has 0 fully saturated rings. The fourth-order valence-electron chi connectivity index (χ4n) is 2.45. The van der Waals surface area contributed by atoms with Crippen molar-refractivity contribution < 1.29 is 9.47 Å². The van der Waals surface area contributed by atoms with E-state index in [1.165, 1.54) is 0 Å². The molecular weight excluding hydrogens is 378 g/mol. The van der Waals surface area contributed by atoms with Gasteiger partial charge in [0.25, 0.3) is 0 Å². The Morgan fingerprint density at radius 3 is 2.32 bits per heavy atom. The van der Waals surface area contributed by atoms with Gasteiger partial charge < -0.3 is 14.8 Å². The molecule has 0 radical (unpaired) electrons. The number of ether oxygens (including phenoxy) is 2. The summed E-state index contributed by atoms with van der Waals surface area (Å²) in [6.45, 7) is 3.33. The second-order valence-corrected chi connectivity index (χ2v) is 6.39. The van der Waals surface area contributed by atoms with E-state index in [1.807, 2.05) is 73.7 Å². The first kappa shape index (κ1) is 17.4. The van der Waals surface area contributed by atoms with E-state index in [9.17, 15) is 0 Å². The third-order valence-corrected chi connectivity index (χ3v) is 4.13. The predicted molar refractivity (Wildman–Crippen MR) is 106 cm³/mol. The molecule has 0 aliphatic heterocycles. The molecule has 0 atom stereocenters. The number of rotatable bonds is 7. The largest absolute Gasteiger partial charge is 0.494 e. The Kier molecular flexibility index (Phi) is 5.96. The molecule has 0 amide bonds. The van der Waals surface area contributed by atoms with Crippen LogP contribution in [0.2, 0.25) is 0 Å². The van der Waals surface area contributed by atoms with Crippen LogP contribution in [0.3, 0.4) is 0 Å². The Morgan fingerprint density at radius 2 is 1.60 bits per heavy atom. The summed E-state index contributed by atoms with van der Waals surface area (Å²) in [6, 6.07) is 23.8. The highest BCUT2D eigenvalue weighted by atomic mass is 79.9. The SMILES string of the molecule is CCOc1ccc(Br)cc1CNc1ccc(Oc2ccccc2)cc1. The lowest BCUT2D eigenvalue weighted by molar-refractivity contribution is 0.337. The van der Waals surface area contributed by atoms with E-state index in [4.69, 9.17) is 9.47 Å². The van der Waals surface area contributed by atoms with E-state index in [0.717, 1.165) is 33.0 Å². The summed E-state index contributed by atoms with van der Waals surface area (Å²) in [4.78, 5) is 0. The van der Waals surface area contributed by atoms with Gasteiger partial charge in [-0.3, -0.25) is 0 Å². The lowest BCUT2D eigenvalue weighted by Gasteiger charge is -2.13. The van der Waals surface area contributed by atoms with Crippen LogP contribution < -0.4 is 14.8 Å². The molecule has 3 aromatic rings. The number of halogens is 1. The minimum Gasteiger partial charge on any atom is -0.494 e. The smallest absolute Gasteiger partial charge is 0.127 e. The van der Waals surface area contributed by atoms with Crippen molar-refractivity contribution in [2.24, 2.45) is 0 Å². The molecule has 0 bridgehead atoms. The number of benzene rings is 3. The number of anilines is 1. The van der Waals surface area contributed by atoms with Gasteiger partial charge in [-0.05, 0) is 61.5 Å². The molecule has 0 saturated heterocycles. The van der Waals surface area contributed by atoms with Crippen LogP contribution in [-0.2, 0) is 6.54 Å². The Hall–Kier alpha value is -2.46. The van der Waals surface area contributed by atoms with Gasteiger partial charge in [-0.1, -0.05) is 34.1 Å². The molecule has 3 nitrogen and oxygen atoms in total. The van der Waals surface area contributed by atoms with Crippen molar-refractivity contribution in [3.8, 4) is 17.2 Å². The van der Waals surface area contributed by atoms with Crippen molar-refractivity contribution in [1.29, 1.82) is 0 Å². The summed E-state index contributed by atoms with van der Waals surface area (Å²) in [6.07, 6.45) is 0. The van der Waals surface area contributed by atoms with E-state index in [0.29, 0.717) is 13.2 Å². The zero-order valence-electron chi connectivity index (χ0n) is 14.0. The predicted octanol–water partition coefficient (Wildman–Crippen LogP) is 6.25. The molecule has 128 valence electrons. The van der Waals surface area contributed by atoms with Gasteiger partial charge in [0.05, 0.1) is 6.61 Å². The summed E-state index contributed by atoms with van der Waals surface area (Å²) in [5.41, 5.74) is 2.14. The lowest BCUT2D eigenvalue weighted by Crippen LogP contribution is -2.03. The highest BCUT2D eigenvalue weighted by molar-refractivity contribution is 9.10. The molecule has 3 aromatic carbocycles. The average molecular weight is 398 g/mol. The van der Waals surface area contributed by atoms with Crippen LogP contribution >= 0.6 is 15.9 Å². The van der Waals surface area contributed by atoms with Gasteiger partial charge in [-0.25, -0.2) is 0 Å². The summed E-state index contributed by atoms with van der Waals surface area (Å²) >= 11 is 3.51. The zero-order valence-corrected chi connectivity index (χ0v) is 15.6. The minimum absolute atomic E-state index is 0.653. The highest BCUT2D eigenvalue weighted by Gasteiger charge is 2.05. The van der Waals surface area contributed by atoms with Crippen LogP contribution in [0.25, 0.3) is 0 Å². The van der Waals surface area contributed by atoms with Crippen molar-refractivity contribution in [3.05, 3.63) is 82.8 Å². The molecule has 0 saturated carbocycles. The molecule has 0 spiro atoms. The highest BCUT2D eigenvalue weighted by Crippen LogP contribution is 2.26. The molecule has 25 heavy (non-hydrogen) atoms. The average Bonchev–Trinajstić information content (AvgIpc) is 2.64. The van der Waals surface area contributed by atoms with Crippen molar-refractivity contribution in [1.82, 2.24) is 0 Å². The van der Waals surface area contributed by atoms with Crippen molar-refractivity contribution in [2.45, 2.75) is 13.5 Å². The van der Waals surface area contributed by atoms with Gasteiger partial charge in [-0.2, -0.15) is 0 Å².